The van der Waals surface area contributed by atoms with Gasteiger partial charge in [-0.3, -0.25) is 4.79 Å². The smallest absolute Gasteiger partial charge is 0.334 e. The van der Waals surface area contributed by atoms with Crippen LogP contribution in [-0.2, 0) is 35.0 Å². The molecule has 1 aromatic rings. The summed E-state index contributed by atoms with van der Waals surface area (Å²) in [5, 5.41) is 40.2. The topological polar surface area (TPSA) is 161 Å². The third-order valence-electron chi connectivity index (χ3n) is 8.68. The second-order valence-corrected chi connectivity index (χ2v) is 11.1. The molecule has 0 radical (unpaired) electrons. The average Bonchev–Trinajstić information content (AvgIpc) is 3.39. The average molecular weight is 573 g/mol. The predicted octanol–water partition coefficient (Wildman–Crippen LogP) is 0.585. The molecule has 11 heteroatoms. The van der Waals surface area contributed by atoms with Crippen molar-refractivity contribution in [3.8, 4) is 5.75 Å². The number of aliphatic hydroxyl groups excluding tert-OH is 4. The molecule has 4 aliphatic rings. The highest BCUT2D eigenvalue weighted by molar-refractivity contribution is 5.91. The standard InChI is InChI=1S/C30H36O11/c1-13-9-20(38-22(32)10-16-5-7-17(37-4)8-6-16)24-15(3)29(36)41-28(24)23-14(2)19(11-18(13)23)39-30-27(35)26(34)25(33)21(12-31)40-30/h5-8,18-21,23-28,30-31,33-35H,1-3,9-12H2,4H3. The maximum absolute atomic E-state index is 13.0. The first kappa shape index (κ1) is 29.4. The molecule has 2 aliphatic heterocycles. The Hall–Kier alpha value is -3.06. The first-order valence-corrected chi connectivity index (χ1v) is 13.6. The van der Waals surface area contributed by atoms with Crippen molar-refractivity contribution in [2.24, 2.45) is 17.8 Å². The number of hydrogen-bond acceptors (Lipinski definition) is 11. The third-order valence-corrected chi connectivity index (χ3v) is 8.68. The molecule has 11 nitrogen and oxygen atoms in total. The Bertz CT molecular complexity index is 1210. The van der Waals surface area contributed by atoms with Crippen LogP contribution in [0.15, 0.2) is 60.7 Å². The molecule has 5 rings (SSSR count). The first-order valence-electron chi connectivity index (χ1n) is 13.6. The van der Waals surface area contributed by atoms with E-state index in [9.17, 15) is 30.0 Å². The fourth-order valence-electron chi connectivity index (χ4n) is 6.46. The normalized spacial score (nSPS) is 38.6. The summed E-state index contributed by atoms with van der Waals surface area (Å²) in [5.74, 6) is -1.69. The van der Waals surface area contributed by atoms with Gasteiger partial charge < -0.3 is 44.1 Å². The van der Waals surface area contributed by atoms with Crippen molar-refractivity contribution in [1.29, 1.82) is 0 Å². The Balaban J connectivity index is 1.32. The zero-order valence-electron chi connectivity index (χ0n) is 22.8. The molecule has 41 heavy (non-hydrogen) atoms. The zero-order chi connectivity index (χ0) is 29.6. The molecule has 222 valence electrons. The number of hydrogen-bond donors (Lipinski definition) is 4. The van der Waals surface area contributed by atoms with Crippen LogP contribution in [0.5, 0.6) is 5.75 Å². The minimum Gasteiger partial charge on any atom is -0.497 e. The van der Waals surface area contributed by atoms with Gasteiger partial charge in [-0.2, -0.15) is 0 Å². The second-order valence-electron chi connectivity index (χ2n) is 11.1. The van der Waals surface area contributed by atoms with E-state index >= 15 is 0 Å². The Morgan fingerprint density at radius 1 is 1.05 bits per heavy atom. The fraction of sp³-hybridized carbons (Fsp3) is 0.533. The van der Waals surface area contributed by atoms with Gasteiger partial charge in [0.1, 0.15) is 42.4 Å². The highest BCUT2D eigenvalue weighted by Crippen LogP contribution is 2.53. The third kappa shape index (κ3) is 5.45. The summed E-state index contributed by atoms with van der Waals surface area (Å²) in [4.78, 5) is 25.7. The van der Waals surface area contributed by atoms with Gasteiger partial charge in [-0.05, 0) is 35.6 Å². The first-order chi connectivity index (χ1) is 19.5. The highest BCUT2D eigenvalue weighted by Gasteiger charge is 2.58. The molecule has 1 aromatic carbocycles. The van der Waals surface area contributed by atoms with Gasteiger partial charge in [-0.1, -0.05) is 37.4 Å². The van der Waals surface area contributed by atoms with Crippen LogP contribution in [0, 0.1) is 17.8 Å². The summed E-state index contributed by atoms with van der Waals surface area (Å²) in [6.07, 6.45) is -8.60. The molecule has 0 amide bonds. The number of rotatable bonds is 7. The zero-order valence-corrected chi connectivity index (χ0v) is 22.8. The van der Waals surface area contributed by atoms with E-state index < -0.39 is 79.4 Å². The summed E-state index contributed by atoms with van der Waals surface area (Å²) in [6.45, 7) is 11.8. The lowest BCUT2D eigenvalue weighted by molar-refractivity contribution is -0.308. The maximum atomic E-state index is 13.0. The van der Waals surface area contributed by atoms with Gasteiger partial charge in [0.05, 0.1) is 32.2 Å². The van der Waals surface area contributed by atoms with E-state index in [0.717, 1.165) is 11.1 Å². The van der Waals surface area contributed by atoms with Crippen LogP contribution in [0.25, 0.3) is 0 Å². The number of carbonyl (C=O) groups is 2. The molecular formula is C30H36O11. The van der Waals surface area contributed by atoms with E-state index in [1.165, 1.54) is 0 Å². The number of benzene rings is 1. The van der Waals surface area contributed by atoms with Crippen molar-refractivity contribution in [2.75, 3.05) is 13.7 Å². The minimum atomic E-state index is -1.59. The molecule has 2 saturated carbocycles. The summed E-state index contributed by atoms with van der Waals surface area (Å²) in [5.41, 5.74) is 2.28. The van der Waals surface area contributed by atoms with Crippen LogP contribution in [0.4, 0.5) is 0 Å². The molecule has 4 fully saturated rings. The number of methoxy groups -OCH3 is 1. The van der Waals surface area contributed by atoms with Crippen molar-refractivity contribution < 1.29 is 53.7 Å². The van der Waals surface area contributed by atoms with E-state index in [1.807, 2.05) is 0 Å². The van der Waals surface area contributed by atoms with Crippen LogP contribution in [0.2, 0.25) is 0 Å². The van der Waals surface area contributed by atoms with Crippen LogP contribution in [-0.4, -0.2) is 95.1 Å². The highest BCUT2D eigenvalue weighted by atomic mass is 16.7. The maximum Gasteiger partial charge on any atom is 0.334 e. The molecule has 0 spiro atoms. The van der Waals surface area contributed by atoms with Gasteiger partial charge in [0.25, 0.3) is 0 Å². The summed E-state index contributed by atoms with van der Waals surface area (Å²) < 4.78 is 28.4. The van der Waals surface area contributed by atoms with E-state index in [2.05, 4.69) is 19.7 Å². The van der Waals surface area contributed by atoms with Crippen LogP contribution in [0.1, 0.15) is 18.4 Å². The number of aliphatic hydroxyl groups is 4. The van der Waals surface area contributed by atoms with Crippen molar-refractivity contribution in [3.63, 3.8) is 0 Å². The minimum absolute atomic E-state index is 0.0280. The van der Waals surface area contributed by atoms with Crippen molar-refractivity contribution in [1.82, 2.24) is 0 Å². The number of ether oxygens (including phenoxy) is 5. The Kier molecular flexibility index (Phi) is 8.38. The predicted molar refractivity (Wildman–Crippen MR) is 142 cm³/mol. The van der Waals surface area contributed by atoms with Gasteiger partial charge >= 0.3 is 11.9 Å². The molecule has 2 saturated heterocycles. The number of esters is 2. The molecule has 11 unspecified atom stereocenters. The van der Waals surface area contributed by atoms with Crippen molar-refractivity contribution in [2.45, 2.75) is 68.3 Å². The van der Waals surface area contributed by atoms with Crippen molar-refractivity contribution in [3.05, 3.63) is 66.3 Å². The van der Waals surface area contributed by atoms with Gasteiger partial charge in [0, 0.05) is 17.9 Å². The van der Waals surface area contributed by atoms with Gasteiger partial charge in [-0.25, -0.2) is 4.79 Å². The lowest BCUT2D eigenvalue weighted by atomic mass is 9.81. The van der Waals surface area contributed by atoms with Gasteiger partial charge in [0.15, 0.2) is 6.29 Å². The van der Waals surface area contributed by atoms with Gasteiger partial charge in [-0.15, -0.1) is 0 Å². The molecule has 11 atom stereocenters. The monoisotopic (exact) mass is 572 g/mol. The number of carbonyl (C=O) groups excluding carboxylic acids is 2. The summed E-state index contributed by atoms with van der Waals surface area (Å²) in [6, 6.07) is 7.07. The summed E-state index contributed by atoms with van der Waals surface area (Å²) >= 11 is 0. The Morgan fingerprint density at radius 3 is 2.41 bits per heavy atom. The van der Waals surface area contributed by atoms with E-state index in [-0.39, 0.29) is 24.3 Å². The largest absolute Gasteiger partial charge is 0.497 e. The molecule has 2 heterocycles. The molecule has 0 aromatic heterocycles. The lowest BCUT2D eigenvalue weighted by Crippen LogP contribution is -2.59. The Labute approximate surface area is 237 Å². The van der Waals surface area contributed by atoms with Crippen LogP contribution < -0.4 is 4.74 Å². The van der Waals surface area contributed by atoms with E-state index in [0.29, 0.717) is 17.7 Å². The molecule has 4 N–H and O–H groups in total. The van der Waals surface area contributed by atoms with E-state index in [4.69, 9.17) is 23.7 Å². The number of fused-ring (bicyclic) bond motifs is 3. The quantitative estimate of drug-likeness (QED) is 0.206. The molecule has 2 aliphatic carbocycles. The van der Waals surface area contributed by atoms with Gasteiger partial charge in [0.2, 0.25) is 0 Å². The van der Waals surface area contributed by atoms with Crippen molar-refractivity contribution >= 4 is 11.9 Å². The van der Waals surface area contributed by atoms with E-state index in [1.54, 1.807) is 31.4 Å². The molecular weight excluding hydrogens is 536 g/mol. The fourth-order valence-corrected chi connectivity index (χ4v) is 6.46. The van der Waals surface area contributed by atoms with Crippen LogP contribution in [0.3, 0.4) is 0 Å². The molecule has 0 bridgehead atoms. The lowest BCUT2D eigenvalue weighted by Gasteiger charge is -2.40. The second kappa shape index (κ2) is 11.7. The van der Waals surface area contributed by atoms with Crippen LogP contribution >= 0.6 is 0 Å². The summed E-state index contributed by atoms with van der Waals surface area (Å²) in [7, 11) is 1.56. The SMILES string of the molecule is C=C1CC(OC(=O)Cc2ccc(OC)cc2)C2C(=C)C(=O)OC2C2C(=C)C(OC3OC(CO)C(O)C(O)C3O)CC12. The Morgan fingerprint density at radius 2 is 1.76 bits per heavy atom.